The molecule has 3 nitrogen and oxygen atoms in total. The number of Topliss-reactive ketones (excluding diaryl/α,β-unsaturated/α-hetero) is 1. The zero-order valence-electron chi connectivity index (χ0n) is 8.04. The Morgan fingerprint density at radius 2 is 2.20 bits per heavy atom. The highest BCUT2D eigenvalue weighted by atomic mass is 35.5. The molecule has 15 heavy (non-hydrogen) atoms. The molecule has 5 heteroatoms. The van der Waals surface area contributed by atoms with Crippen LogP contribution in [-0.4, -0.2) is 25.1 Å². The first-order valence-electron chi connectivity index (χ1n) is 4.17. The summed E-state index contributed by atoms with van der Waals surface area (Å²) in [5.74, 6) is -0.363. The Hall–Kier alpha value is -1.06. The third kappa shape index (κ3) is 2.70. The minimum absolute atomic E-state index is 0.124. The van der Waals surface area contributed by atoms with E-state index in [2.05, 4.69) is 0 Å². The van der Waals surface area contributed by atoms with Crippen LogP contribution in [0.1, 0.15) is 10.4 Å². The fraction of sp³-hybridized carbons (Fsp3) is 0.200. The Morgan fingerprint density at radius 3 is 2.73 bits per heavy atom. The highest BCUT2D eigenvalue weighted by Gasteiger charge is 2.13. The van der Waals surface area contributed by atoms with Crippen LogP contribution in [-0.2, 0) is 4.79 Å². The molecule has 1 rings (SSSR count). The Labute approximate surface area is 97.6 Å². The zero-order valence-corrected chi connectivity index (χ0v) is 9.55. The van der Waals surface area contributed by atoms with Crippen molar-refractivity contribution in [2.24, 2.45) is 0 Å². The maximum atomic E-state index is 11.4. The third-order valence-corrected chi connectivity index (χ3v) is 2.40. The van der Waals surface area contributed by atoms with Crippen LogP contribution >= 0.6 is 23.2 Å². The number of benzene rings is 1. The fourth-order valence-electron chi connectivity index (χ4n) is 1.16. The van der Waals surface area contributed by atoms with Crippen LogP contribution < -0.4 is 4.90 Å². The normalized spacial score (nSPS) is 9.80. The summed E-state index contributed by atoms with van der Waals surface area (Å²) in [5, 5.41) is 0.463. The number of nitrogens with zero attached hydrogens (tertiary/aromatic N) is 1. The van der Waals surface area contributed by atoms with Gasteiger partial charge in [-0.05, 0) is 18.2 Å². The van der Waals surface area contributed by atoms with Crippen LogP contribution in [0.15, 0.2) is 18.2 Å². The van der Waals surface area contributed by atoms with Crippen LogP contribution in [0.2, 0.25) is 5.02 Å². The fourth-order valence-corrected chi connectivity index (χ4v) is 1.47. The number of amides is 1. The van der Waals surface area contributed by atoms with Gasteiger partial charge in [0.25, 0.3) is 0 Å². The maximum absolute atomic E-state index is 11.4. The number of ketones is 1. The molecule has 0 unspecified atom stereocenters. The van der Waals surface area contributed by atoms with E-state index in [1.54, 1.807) is 25.2 Å². The minimum atomic E-state index is -0.239. The number of hydrogen-bond acceptors (Lipinski definition) is 2. The van der Waals surface area contributed by atoms with Crippen molar-refractivity contribution in [2.45, 2.75) is 0 Å². The molecule has 0 atom stereocenters. The van der Waals surface area contributed by atoms with E-state index in [9.17, 15) is 9.59 Å². The number of hydrogen-bond donors (Lipinski definition) is 0. The molecular formula is C10H9Cl2NO2. The van der Waals surface area contributed by atoms with E-state index in [0.29, 0.717) is 22.7 Å². The molecule has 0 aliphatic rings. The van der Waals surface area contributed by atoms with Crippen LogP contribution in [0.3, 0.4) is 0 Å². The summed E-state index contributed by atoms with van der Waals surface area (Å²) in [6.45, 7) is 0. The largest absolute Gasteiger partial charge is 0.317 e. The topological polar surface area (TPSA) is 37.4 Å². The lowest BCUT2D eigenvalue weighted by atomic mass is 10.1. The van der Waals surface area contributed by atoms with Gasteiger partial charge in [-0.15, -0.1) is 11.6 Å². The second kappa shape index (κ2) is 5.14. The smallest absolute Gasteiger partial charge is 0.213 e. The van der Waals surface area contributed by atoms with E-state index in [1.165, 1.54) is 4.90 Å². The van der Waals surface area contributed by atoms with E-state index >= 15 is 0 Å². The first-order valence-corrected chi connectivity index (χ1v) is 5.08. The Bertz CT molecular complexity index is 393. The second-order valence-corrected chi connectivity index (χ2v) is 3.64. The lowest BCUT2D eigenvalue weighted by Gasteiger charge is -2.14. The van der Waals surface area contributed by atoms with Gasteiger partial charge >= 0.3 is 0 Å². The van der Waals surface area contributed by atoms with Crippen molar-refractivity contribution in [3.8, 4) is 0 Å². The summed E-state index contributed by atoms with van der Waals surface area (Å²) >= 11 is 11.2. The van der Waals surface area contributed by atoms with Gasteiger partial charge in [-0.3, -0.25) is 9.59 Å². The average Bonchev–Trinajstić information content (AvgIpc) is 2.26. The Balaban J connectivity index is 3.25. The molecule has 0 aromatic heterocycles. The number of carbonyl (C=O) groups is 2. The predicted molar refractivity (Wildman–Crippen MR) is 61.0 cm³/mol. The molecule has 80 valence electrons. The van der Waals surface area contributed by atoms with Crippen LogP contribution in [0.5, 0.6) is 0 Å². The van der Waals surface area contributed by atoms with Gasteiger partial charge in [0.15, 0.2) is 5.78 Å². The highest BCUT2D eigenvalue weighted by molar-refractivity contribution is 6.33. The van der Waals surface area contributed by atoms with Crippen molar-refractivity contribution in [3.05, 3.63) is 28.8 Å². The number of rotatable bonds is 4. The molecule has 1 amide bonds. The minimum Gasteiger partial charge on any atom is -0.317 e. The van der Waals surface area contributed by atoms with Gasteiger partial charge in [0.2, 0.25) is 6.41 Å². The molecule has 0 heterocycles. The lowest BCUT2D eigenvalue weighted by molar-refractivity contribution is -0.107. The van der Waals surface area contributed by atoms with Gasteiger partial charge in [0, 0.05) is 17.6 Å². The molecule has 0 aliphatic heterocycles. The van der Waals surface area contributed by atoms with Crippen LogP contribution in [0, 0.1) is 0 Å². The summed E-state index contributed by atoms with van der Waals surface area (Å²) in [4.78, 5) is 23.3. The molecule has 0 saturated carbocycles. The summed E-state index contributed by atoms with van der Waals surface area (Å²) in [7, 11) is 1.55. The Morgan fingerprint density at radius 1 is 1.53 bits per heavy atom. The second-order valence-electron chi connectivity index (χ2n) is 2.93. The maximum Gasteiger partial charge on any atom is 0.213 e. The van der Waals surface area contributed by atoms with E-state index in [4.69, 9.17) is 23.2 Å². The zero-order chi connectivity index (χ0) is 11.4. The Kier molecular flexibility index (Phi) is 4.12. The van der Waals surface area contributed by atoms with Crippen molar-refractivity contribution in [1.82, 2.24) is 0 Å². The summed E-state index contributed by atoms with van der Waals surface area (Å²) in [5.41, 5.74) is 0.854. The number of halogens is 2. The third-order valence-electron chi connectivity index (χ3n) is 1.92. The van der Waals surface area contributed by atoms with Gasteiger partial charge in [-0.25, -0.2) is 0 Å². The first-order chi connectivity index (χ1) is 7.10. The molecule has 0 spiro atoms. The van der Waals surface area contributed by atoms with Crippen LogP contribution in [0.25, 0.3) is 0 Å². The van der Waals surface area contributed by atoms with E-state index in [0.717, 1.165) is 0 Å². The molecule has 0 N–H and O–H groups in total. The predicted octanol–water partition coefficient (Wildman–Crippen LogP) is 2.35. The molecule has 0 bridgehead atoms. The number of carbonyl (C=O) groups excluding carboxylic acids is 2. The van der Waals surface area contributed by atoms with Gasteiger partial charge in [-0.1, -0.05) is 11.6 Å². The molecule has 1 aromatic carbocycles. The molecule has 0 fully saturated rings. The first kappa shape index (κ1) is 12.0. The quantitative estimate of drug-likeness (QED) is 0.464. The van der Waals surface area contributed by atoms with Gasteiger partial charge in [-0.2, -0.15) is 0 Å². The van der Waals surface area contributed by atoms with Crippen molar-refractivity contribution in [2.75, 3.05) is 17.8 Å². The molecular weight excluding hydrogens is 237 g/mol. The van der Waals surface area contributed by atoms with Gasteiger partial charge in [0.1, 0.15) is 0 Å². The number of alkyl halides is 1. The van der Waals surface area contributed by atoms with Gasteiger partial charge < -0.3 is 4.90 Å². The molecule has 1 aromatic rings. The summed E-state index contributed by atoms with van der Waals surface area (Å²) in [6.07, 6.45) is 0.608. The SMILES string of the molecule is CN(C=O)c1cc(Cl)ccc1C(=O)CCl. The van der Waals surface area contributed by atoms with Crippen molar-refractivity contribution < 1.29 is 9.59 Å². The molecule has 0 saturated heterocycles. The highest BCUT2D eigenvalue weighted by Crippen LogP contribution is 2.24. The summed E-state index contributed by atoms with van der Waals surface area (Å²) < 4.78 is 0. The van der Waals surface area contributed by atoms with E-state index in [-0.39, 0.29) is 11.7 Å². The van der Waals surface area contributed by atoms with E-state index < -0.39 is 0 Å². The van der Waals surface area contributed by atoms with Crippen molar-refractivity contribution in [3.63, 3.8) is 0 Å². The van der Waals surface area contributed by atoms with Crippen LogP contribution in [0.4, 0.5) is 5.69 Å². The van der Waals surface area contributed by atoms with Crippen molar-refractivity contribution >= 4 is 41.1 Å². The molecule has 0 aliphatic carbocycles. The van der Waals surface area contributed by atoms with Crippen molar-refractivity contribution in [1.29, 1.82) is 0 Å². The van der Waals surface area contributed by atoms with Gasteiger partial charge in [0.05, 0.1) is 11.6 Å². The van der Waals surface area contributed by atoms with E-state index in [1.807, 2.05) is 0 Å². The average molecular weight is 246 g/mol. The summed E-state index contributed by atoms with van der Waals surface area (Å²) in [6, 6.07) is 4.70. The lowest BCUT2D eigenvalue weighted by Crippen LogP contribution is -2.18. The monoisotopic (exact) mass is 245 g/mol. The molecule has 0 radical (unpaired) electrons. The standard InChI is InChI=1S/C10H9Cl2NO2/c1-13(6-14)9-4-7(12)2-3-8(9)10(15)5-11/h2-4,6H,5H2,1H3. The number of anilines is 1.